The van der Waals surface area contributed by atoms with Crippen molar-refractivity contribution in [2.75, 3.05) is 26.3 Å². The quantitative estimate of drug-likeness (QED) is 0.890. The molecule has 1 heterocycles. The average Bonchev–Trinajstić information content (AvgIpc) is 2.45. The van der Waals surface area contributed by atoms with E-state index in [2.05, 4.69) is 0 Å². The molecule has 0 saturated carbocycles. The highest BCUT2D eigenvalue weighted by Gasteiger charge is 2.21. The first-order valence-corrected chi connectivity index (χ1v) is 6.42. The fraction of sp³-hybridized carbons (Fsp3) is 0.429. The Morgan fingerprint density at radius 3 is 2.70 bits per heavy atom. The number of carboxylic acids is 1. The van der Waals surface area contributed by atoms with Gasteiger partial charge in [-0.3, -0.25) is 4.79 Å². The molecule has 1 aromatic carbocycles. The van der Waals surface area contributed by atoms with Crippen LogP contribution in [0.5, 0.6) is 5.75 Å². The Morgan fingerprint density at radius 1 is 1.40 bits per heavy atom. The Kier molecular flexibility index (Phi) is 4.57. The maximum absolute atomic E-state index is 11.9. The third-order valence-electron chi connectivity index (χ3n) is 3.06. The minimum atomic E-state index is -0.991. The van der Waals surface area contributed by atoms with Crippen molar-refractivity contribution >= 4 is 11.9 Å². The van der Waals surface area contributed by atoms with Crippen LogP contribution in [0.1, 0.15) is 17.3 Å². The molecule has 0 bridgehead atoms. The molecule has 108 valence electrons. The van der Waals surface area contributed by atoms with Crippen molar-refractivity contribution in [3.05, 3.63) is 29.8 Å². The van der Waals surface area contributed by atoms with E-state index in [1.807, 2.05) is 6.92 Å². The third kappa shape index (κ3) is 3.71. The monoisotopic (exact) mass is 279 g/mol. The zero-order valence-electron chi connectivity index (χ0n) is 11.2. The molecule has 1 amide bonds. The number of benzene rings is 1. The van der Waals surface area contributed by atoms with Crippen LogP contribution < -0.4 is 4.74 Å². The summed E-state index contributed by atoms with van der Waals surface area (Å²) in [7, 11) is 0. The van der Waals surface area contributed by atoms with E-state index in [0.717, 1.165) is 0 Å². The van der Waals surface area contributed by atoms with E-state index in [9.17, 15) is 9.59 Å². The number of carbonyl (C=O) groups is 2. The number of aromatic carboxylic acids is 1. The SMILES string of the molecule is CC1CN(C(=O)COc2ccc(C(=O)O)cc2)CCO1. The van der Waals surface area contributed by atoms with Crippen LogP contribution >= 0.6 is 0 Å². The lowest BCUT2D eigenvalue weighted by Crippen LogP contribution is -2.46. The van der Waals surface area contributed by atoms with E-state index in [1.54, 1.807) is 17.0 Å². The van der Waals surface area contributed by atoms with Gasteiger partial charge in [-0.25, -0.2) is 4.79 Å². The number of nitrogens with zero attached hydrogens (tertiary/aromatic N) is 1. The zero-order valence-corrected chi connectivity index (χ0v) is 11.2. The van der Waals surface area contributed by atoms with E-state index in [0.29, 0.717) is 25.4 Å². The zero-order chi connectivity index (χ0) is 14.5. The fourth-order valence-corrected chi connectivity index (χ4v) is 1.98. The maximum atomic E-state index is 11.9. The number of rotatable bonds is 4. The van der Waals surface area contributed by atoms with Crippen molar-refractivity contribution < 1.29 is 24.2 Å². The molecule has 1 atom stereocenters. The number of ether oxygens (including phenoxy) is 2. The number of carboxylic acid groups (broad SMARTS) is 1. The van der Waals surface area contributed by atoms with Crippen molar-refractivity contribution in [2.24, 2.45) is 0 Å². The molecule has 1 fully saturated rings. The molecule has 2 rings (SSSR count). The van der Waals surface area contributed by atoms with Crippen LogP contribution in [0.25, 0.3) is 0 Å². The van der Waals surface area contributed by atoms with Crippen molar-refractivity contribution in [1.82, 2.24) is 4.90 Å². The summed E-state index contributed by atoms with van der Waals surface area (Å²) in [5.41, 5.74) is 0.186. The predicted molar refractivity (Wildman–Crippen MR) is 70.9 cm³/mol. The first kappa shape index (κ1) is 14.3. The lowest BCUT2D eigenvalue weighted by atomic mass is 10.2. The van der Waals surface area contributed by atoms with E-state index in [1.165, 1.54) is 12.1 Å². The second kappa shape index (κ2) is 6.38. The van der Waals surface area contributed by atoms with Gasteiger partial charge in [0.2, 0.25) is 0 Å². The molecule has 20 heavy (non-hydrogen) atoms. The van der Waals surface area contributed by atoms with Gasteiger partial charge in [-0.15, -0.1) is 0 Å². The molecule has 1 aliphatic rings. The first-order chi connectivity index (χ1) is 9.56. The van der Waals surface area contributed by atoms with Crippen LogP contribution in [0.3, 0.4) is 0 Å². The number of morpholine rings is 1. The van der Waals surface area contributed by atoms with Crippen LogP contribution in [0.15, 0.2) is 24.3 Å². The van der Waals surface area contributed by atoms with Gasteiger partial charge in [0.25, 0.3) is 5.91 Å². The molecule has 1 N–H and O–H groups in total. The highest BCUT2D eigenvalue weighted by atomic mass is 16.5. The Morgan fingerprint density at radius 2 is 2.10 bits per heavy atom. The minimum absolute atomic E-state index is 0.0440. The molecule has 1 saturated heterocycles. The summed E-state index contributed by atoms with van der Waals surface area (Å²) in [6.07, 6.45) is 0.0440. The summed E-state index contributed by atoms with van der Waals surface area (Å²) in [6.45, 7) is 3.55. The molecule has 0 aromatic heterocycles. The van der Waals surface area contributed by atoms with Gasteiger partial charge in [-0.2, -0.15) is 0 Å². The predicted octanol–water partition coefficient (Wildman–Crippen LogP) is 1.01. The van der Waals surface area contributed by atoms with Gasteiger partial charge in [0.1, 0.15) is 5.75 Å². The van der Waals surface area contributed by atoms with Crippen LogP contribution in [0.2, 0.25) is 0 Å². The van der Waals surface area contributed by atoms with Crippen molar-refractivity contribution in [1.29, 1.82) is 0 Å². The van der Waals surface area contributed by atoms with Crippen LogP contribution in [-0.2, 0) is 9.53 Å². The second-order valence-corrected chi connectivity index (χ2v) is 4.64. The molecule has 1 aromatic rings. The molecule has 0 spiro atoms. The first-order valence-electron chi connectivity index (χ1n) is 6.42. The summed E-state index contributed by atoms with van der Waals surface area (Å²) >= 11 is 0. The van der Waals surface area contributed by atoms with Crippen LogP contribution in [-0.4, -0.2) is 54.3 Å². The van der Waals surface area contributed by atoms with Gasteiger partial charge in [0, 0.05) is 13.1 Å². The van der Waals surface area contributed by atoms with E-state index in [-0.39, 0.29) is 24.2 Å². The number of amides is 1. The van der Waals surface area contributed by atoms with E-state index < -0.39 is 5.97 Å². The van der Waals surface area contributed by atoms with Crippen molar-refractivity contribution in [3.8, 4) is 5.75 Å². The molecule has 1 aliphatic heterocycles. The second-order valence-electron chi connectivity index (χ2n) is 4.64. The minimum Gasteiger partial charge on any atom is -0.484 e. The van der Waals surface area contributed by atoms with Gasteiger partial charge in [-0.1, -0.05) is 0 Å². The Bertz CT molecular complexity index is 485. The Hall–Kier alpha value is -2.08. The standard InChI is InChI=1S/C14H17NO5/c1-10-8-15(6-7-19-10)13(16)9-20-12-4-2-11(3-5-12)14(17)18/h2-5,10H,6-9H2,1H3,(H,17,18). The number of carbonyl (C=O) groups excluding carboxylic acids is 1. The van der Waals surface area contributed by atoms with Crippen LogP contribution in [0.4, 0.5) is 0 Å². The van der Waals surface area contributed by atoms with E-state index >= 15 is 0 Å². The summed E-state index contributed by atoms with van der Waals surface area (Å²) in [5, 5.41) is 8.78. The lowest BCUT2D eigenvalue weighted by Gasteiger charge is -2.31. The Labute approximate surface area is 116 Å². The molecular weight excluding hydrogens is 262 g/mol. The highest BCUT2D eigenvalue weighted by molar-refractivity contribution is 5.87. The molecule has 6 nitrogen and oxygen atoms in total. The summed E-state index contributed by atoms with van der Waals surface area (Å²) in [4.78, 5) is 24.4. The van der Waals surface area contributed by atoms with Gasteiger partial charge in [0.05, 0.1) is 18.3 Å². The summed E-state index contributed by atoms with van der Waals surface area (Å²) in [6, 6.07) is 5.97. The molecule has 0 radical (unpaired) electrons. The average molecular weight is 279 g/mol. The normalized spacial score (nSPS) is 18.6. The highest BCUT2D eigenvalue weighted by Crippen LogP contribution is 2.13. The summed E-state index contributed by atoms with van der Waals surface area (Å²) < 4.78 is 10.7. The molecular formula is C14H17NO5. The maximum Gasteiger partial charge on any atom is 0.335 e. The number of hydrogen-bond donors (Lipinski definition) is 1. The van der Waals surface area contributed by atoms with Gasteiger partial charge >= 0.3 is 5.97 Å². The van der Waals surface area contributed by atoms with Gasteiger partial charge in [0.15, 0.2) is 6.61 Å². The van der Waals surface area contributed by atoms with Gasteiger partial charge in [-0.05, 0) is 31.2 Å². The van der Waals surface area contributed by atoms with Crippen molar-refractivity contribution in [3.63, 3.8) is 0 Å². The van der Waals surface area contributed by atoms with Crippen LogP contribution in [0, 0.1) is 0 Å². The molecule has 0 aliphatic carbocycles. The molecule has 6 heteroatoms. The molecule has 1 unspecified atom stereocenters. The summed E-state index contributed by atoms with van der Waals surface area (Å²) in [5.74, 6) is -0.609. The number of hydrogen-bond acceptors (Lipinski definition) is 4. The van der Waals surface area contributed by atoms with Crippen molar-refractivity contribution in [2.45, 2.75) is 13.0 Å². The Balaban J connectivity index is 1.85. The largest absolute Gasteiger partial charge is 0.484 e. The van der Waals surface area contributed by atoms with Gasteiger partial charge < -0.3 is 19.5 Å². The van der Waals surface area contributed by atoms with E-state index in [4.69, 9.17) is 14.6 Å². The fourth-order valence-electron chi connectivity index (χ4n) is 1.98. The topological polar surface area (TPSA) is 76.1 Å². The third-order valence-corrected chi connectivity index (χ3v) is 3.06. The lowest BCUT2D eigenvalue weighted by molar-refractivity contribution is -0.140. The smallest absolute Gasteiger partial charge is 0.335 e.